The Morgan fingerprint density at radius 3 is 2.54 bits per heavy atom. The minimum Gasteiger partial charge on any atom is -0.507 e. The minimum absolute atomic E-state index is 0.0865. The SMILES string of the molecule is Cc1ccccc1C1/C(=C(\O)c2ccc3c(c2)CCO3)C(=O)C(=O)N1c1cccc(C(F)(F)F)c1. The van der Waals surface area contributed by atoms with Crippen LogP contribution in [0.5, 0.6) is 5.75 Å². The number of carbonyl (C=O) groups is 2. The molecule has 3 aromatic rings. The zero-order valence-corrected chi connectivity index (χ0v) is 18.6. The van der Waals surface area contributed by atoms with E-state index in [1.807, 2.05) is 0 Å². The van der Waals surface area contributed by atoms with Crippen LogP contribution in [0.3, 0.4) is 0 Å². The quantitative estimate of drug-likeness (QED) is 0.303. The summed E-state index contributed by atoms with van der Waals surface area (Å²) in [4.78, 5) is 27.5. The second-order valence-corrected chi connectivity index (χ2v) is 8.49. The molecule has 1 atom stereocenters. The molecule has 1 N–H and O–H groups in total. The Balaban J connectivity index is 1.72. The minimum atomic E-state index is -4.63. The Bertz CT molecular complexity index is 1390. The number of rotatable bonds is 3. The predicted octanol–water partition coefficient (Wildman–Crippen LogP) is 5.58. The molecule has 2 heterocycles. The maximum atomic E-state index is 13.4. The number of carbonyl (C=O) groups excluding carboxylic acids is 2. The molecule has 1 saturated heterocycles. The molecule has 1 unspecified atom stereocenters. The fraction of sp³-hybridized carbons (Fsp3) is 0.185. The van der Waals surface area contributed by atoms with Gasteiger partial charge in [-0.1, -0.05) is 30.3 Å². The van der Waals surface area contributed by atoms with Gasteiger partial charge in [0, 0.05) is 17.7 Å². The monoisotopic (exact) mass is 479 g/mol. The number of halogens is 3. The summed E-state index contributed by atoms with van der Waals surface area (Å²) in [5.41, 5.74) is 1.21. The van der Waals surface area contributed by atoms with Crippen LogP contribution < -0.4 is 9.64 Å². The Morgan fingerprint density at radius 2 is 1.80 bits per heavy atom. The van der Waals surface area contributed by atoms with Crippen molar-refractivity contribution in [3.05, 3.63) is 100 Å². The van der Waals surface area contributed by atoms with Gasteiger partial charge < -0.3 is 9.84 Å². The summed E-state index contributed by atoms with van der Waals surface area (Å²) < 4.78 is 45.8. The normalized spacial score (nSPS) is 19.1. The first-order valence-electron chi connectivity index (χ1n) is 11.0. The Kier molecular flexibility index (Phi) is 5.39. The topological polar surface area (TPSA) is 66.8 Å². The van der Waals surface area contributed by atoms with Crippen molar-refractivity contribution in [1.29, 1.82) is 0 Å². The van der Waals surface area contributed by atoms with Gasteiger partial charge in [-0.3, -0.25) is 14.5 Å². The zero-order valence-electron chi connectivity index (χ0n) is 18.6. The average Bonchev–Trinajstić information content (AvgIpc) is 3.40. The Hall–Kier alpha value is -4.07. The maximum absolute atomic E-state index is 13.4. The molecular formula is C27H20F3NO4. The van der Waals surface area contributed by atoms with Crippen LogP contribution in [0.2, 0.25) is 0 Å². The van der Waals surface area contributed by atoms with E-state index in [4.69, 9.17) is 4.74 Å². The number of aliphatic hydroxyl groups excluding tert-OH is 1. The lowest BCUT2D eigenvalue weighted by Gasteiger charge is -2.27. The molecule has 2 aliphatic heterocycles. The average molecular weight is 479 g/mol. The van der Waals surface area contributed by atoms with Crippen molar-refractivity contribution >= 4 is 23.1 Å². The van der Waals surface area contributed by atoms with E-state index in [1.54, 1.807) is 49.4 Å². The summed E-state index contributed by atoms with van der Waals surface area (Å²) in [6, 6.07) is 15.1. The summed E-state index contributed by atoms with van der Waals surface area (Å²) in [6.45, 7) is 2.27. The van der Waals surface area contributed by atoms with E-state index in [0.717, 1.165) is 22.6 Å². The van der Waals surface area contributed by atoms with E-state index in [1.165, 1.54) is 12.1 Å². The lowest BCUT2D eigenvalue weighted by molar-refractivity contribution is -0.137. The van der Waals surface area contributed by atoms with Crippen LogP contribution >= 0.6 is 0 Å². The standard InChI is InChI=1S/C27H20F3NO4/c1-15-5-2-3-8-20(15)23-22(24(32)17-9-10-21-16(13-17)11-12-35-21)25(33)26(34)31(23)19-7-4-6-18(14-19)27(28,29)30/h2-10,13-14,23,32H,11-12H2,1H3/b24-22+. The predicted molar refractivity (Wildman–Crippen MR) is 123 cm³/mol. The van der Waals surface area contributed by atoms with Crippen LogP contribution in [0.25, 0.3) is 5.76 Å². The van der Waals surface area contributed by atoms with Crippen LogP contribution in [0, 0.1) is 6.92 Å². The largest absolute Gasteiger partial charge is 0.507 e. The first-order chi connectivity index (χ1) is 16.7. The van der Waals surface area contributed by atoms with Gasteiger partial charge in [0.25, 0.3) is 11.7 Å². The van der Waals surface area contributed by atoms with Gasteiger partial charge in [0.05, 0.1) is 23.8 Å². The summed E-state index contributed by atoms with van der Waals surface area (Å²) in [7, 11) is 0. The number of benzene rings is 3. The zero-order chi connectivity index (χ0) is 24.9. The summed E-state index contributed by atoms with van der Waals surface area (Å²) in [5, 5.41) is 11.3. The van der Waals surface area contributed by atoms with E-state index < -0.39 is 29.5 Å². The van der Waals surface area contributed by atoms with Gasteiger partial charge in [0.2, 0.25) is 0 Å². The molecule has 0 radical (unpaired) electrons. The second kappa shape index (κ2) is 8.30. The Morgan fingerprint density at radius 1 is 1.03 bits per heavy atom. The summed E-state index contributed by atoms with van der Waals surface area (Å²) >= 11 is 0. The third-order valence-corrected chi connectivity index (χ3v) is 6.34. The number of anilines is 1. The molecule has 0 spiro atoms. The first kappa shape index (κ1) is 22.7. The second-order valence-electron chi connectivity index (χ2n) is 8.49. The number of Topliss-reactive ketones (excluding diaryl/α,β-unsaturated/α-hetero) is 1. The molecule has 1 amide bonds. The number of hydrogen-bond donors (Lipinski definition) is 1. The van der Waals surface area contributed by atoms with Crippen LogP contribution in [0.4, 0.5) is 18.9 Å². The number of hydrogen-bond acceptors (Lipinski definition) is 4. The highest BCUT2D eigenvalue weighted by molar-refractivity contribution is 6.51. The molecule has 8 heteroatoms. The maximum Gasteiger partial charge on any atom is 0.416 e. The highest BCUT2D eigenvalue weighted by atomic mass is 19.4. The number of fused-ring (bicyclic) bond motifs is 1. The van der Waals surface area contributed by atoms with Gasteiger partial charge in [0.15, 0.2) is 0 Å². The molecule has 0 aromatic heterocycles. The van der Waals surface area contributed by atoms with Gasteiger partial charge in [0.1, 0.15) is 11.5 Å². The van der Waals surface area contributed by atoms with Crippen molar-refractivity contribution in [2.45, 2.75) is 25.6 Å². The van der Waals surface area contributed by atoms with Gasteiger partial charge in [-0.15, -0.1) is 0 Å². The molecule has 5 nitrogen and oxygen atoms in total. The van der Waals surface area contributed by atoms with Crippen molar-refractivity contribution in [1.82, 2.24) is 0 Å². The van der Waals surface area contributed by atoms with Crippen LogP contribution in [-0.2, 0) is 22.2 Å². The highest BCUT2D eigenvalue weighted by Gasteiger charge is 2.47. The number of alkyl halides is 3. The summed E-state index contributed by atoms with van der Waals surface area (Å²) in [6.07, 6.45) is -4.00. The number of ketones is 1. The van der Waals surface area contributed by atoms with E-state index in [0.29, 0.717) is 35.5 Å². The fourth-order valence-corrected chi connectivity index (χ4v) is 4.61. The number of aliphatic hydroxyl groups is 1. The van der Waals surface area contributed by atoms with Gasteiger partial charge in [-0.25, -0.2) is 0 Å². The highest BCUT2D eigenvalue weighted by Crippen LogP contribution is 2.44. The van der Waals surface area contributed by atoms with Crippen molar-refractivity contribution in [2.24, 2.45) is 0 Å². The molecule has 5 rings (SSSR count). The first-order valence-corrected chi connectivity index (χ1v) is 11.0. The third kappa shape index (κ3) is 3.84. The van der Waals surface area contributed by atoms with Gasteiger partial charge >= 0.3 is 6.18 Å². The van der Waals surface area contributed by atoms with Crippen molar-refractivity contribution in [2.75, 3.05) is 11.5 Å². The van der Waals surface area contributed by atoms with E-state index in [9.17, 15) is 27.9 Å². The Labute approximate surface area is 199 Å². The number of aryl methyl sites for hydroxylation is 1. The molecule has 178 valence electrons. The van der Waals surface area contributed by atoms with Gasteiger partial charge in [-0.05, 0) is 60.0 Å². The molecule has 35 heavy (non-hydrogen) atoms. The van der Waals surface area contributed by atoms with Crippen molar-refractivity contribution in [3.8, 4) is 5.75 Å². The molecule has 0 bridgehead atoms. The van der Waals surface area contributed by atoms with Crippen LogP contribution in [-0.4, -0.2) is 23.4 Å². The molecule has 2 aliphatic rings. The smallest absolute Gasteiger partial charge is 0.416 e. The van der Waals surface area contributed by atoms with Crippen molar-refractivity contribution < 1.29 is 32.6 Å². The van der Waals surface area contributed by atoms with E-state index in [-0.39, 0.29) is 17.0 Å². The molecule has 3 aromatic carbocycles. The molecule has 1 fully saturated rings. The number of ether oxygens (including phenoxy) is 1. The van der Waals surface area contributed by atoms with Crippen molar-refractivity contribution in [3.63, 3.8) is 0 Å². The summed E-state index contributed by atoms with van der Waals surface area (Å²) in [5.74, 6) is -1.68. The van der Waals surface area contributed by atoms with Gasteiger partial charge in [-0.2, -0.15) is 13.2 Å². The fourth-order valence-electron chi connectivity index (χ4n) is 4.61. The van der Waals surface area contributed by atoms with Crippen LogP contribution in [0.1, 0.15) is 33.9 Å². The molecule has 0 saturated carbocycles. The molecule has 0 aliphatic carbocycles. The number of nitrogens with zero attached hydrogens (tertiary/aromatic N) is 1. The number of amides is 1. The van der Waals surface area contributed by atoms with E-state index in [2.05, 4.69) is 0 Å². The third-order valence-electron chi connectivity index (χ3n) is 6.34. The van der Waals surface area contributed by atoms with E-state index >= 15 is 0 Å². The lowest BCUT2D eigenvalue weighted by atomic mass is 9.92. The lowest BCUT2D eigenvalue weighted by Crippen LogP contribution is -2.30. The van der Waals surface area contributed by atoms with Crippen LogP contribution in [0.15, 0.2) is 72.3 Å². The molecular weight excluding hydrogens is 459 g/mol.